The van der Waals surface area contributed by atoms with Crippen LogP contribution in [0.15, 0.2) is 24.3 Å². The van der Waals surface area contributed by atoms with Crippen molar-refractivity contribution in [3.63, 3.8) is 0 Å². The van der Waals surface area contributed by atoms with E-state index in [0.717, 1.165) is 5.92 Å². The summed E-state index contributed by atoms with van der Waals surface area (Å²) in [4.78, 5) is 11.2. The van der Waals surface area contributed by atoms with Gasteiger partial charge in [-0.15, -0.1) is 0 Å². The average molecular weight is 230 g/mol. The molecule has 1 aromatic rings. The number of Topliss-reactive ketones (excluding diaryl/α,β-unsaturated/α-hetero) is 1. The molecule has 0 amide bonds. The maximum atomic E-state index is 11.2. The molecule has 0 saturated heterocycles. The molecule has 1 fully saturated rings. The van der Waals surface area contributed by atoms with E-state index in [9.17, 15) is 4.79 Å². The third kappa shape index (κ3) is 3.69. The second kappa shape index (κ2) is 6.00. The van der Waals surface area contributed by atoms with Crippen molar-refractivity contribution in [1.29, 1.82) is 0 Å². The van der Waals surface area contributed by atoms with E-state index in [1.807, 2.05) is 0 Å². The lowest BCUT2D eigenvalue weighted by atomic mass is 9.90. The largest absolute Gasteiger partial charge is 0.300 e. The summed E-state index contributed by atoms with van der Waals surface area (Å²) in [6, 6.07) is 8.66. The van der Waals surface area contributed by atoms with Crippen LogP contribution in [0.1, 0.15) is 62.5 Å². The van der Waals surface area contributed by atoms with Gasteiger partial charge in [-0.1, -0.05) is 49.9 Å². The van der Waals surface area contributed by atoms with Crippen LogP contribution >= 0.6 is 0 Å². The predicted molar refractivity (Wildman–Crippen MR) is 71.3 cm³/mol. The molecule has 1 saturated carbocycles. The molecular formula is C16H22O. The Morgan fingerprint density at radius 1 is 1.18 bits per heavy atom. The molecule has 0 aromatic heterocycles. The fraction of sp³-hybridized carbons (Fsp3) is 0.562. The van der Waals surface area contributed by atoms with Crippen LogP contribution in [0.4, 0.5) is 0 Å². The van der Waals surface area contributed by atoms with Crippen LogP contribution in [0.5, 0.6) is 0 Å². The summed E-state index contributed by atoms with van der Waals surface area (Å²) in [5.74, 6) is 0.979. The molecule has 1 aliphatic carbocycles. The summed E-state index contributed by atoms with van der Waals surface area (Å²) in [6.07, 6.45) is 8.74. The topological polar surface area (TPSA) is 17.1 Å². The van der Waals surface area contributed by atoms with Gasteiger partial charge in [0.05, 0.1) is 0 Å². The average Bonchev–Trinajstić information content (AvgIpc) is 2.57. The van der Waals surface area contributed by atoms with Crippen molar-refractivity contribution in [2.75, 3.05) is 0 Å². The lowest BCUT2D eigenvalue weighted by Gasteiger charge is -2.15. The zero-order valence-electron chi connectivity index (χ0n) is 10.7. The normalized spacial score (nSPS) is 17.7. The molecule has 92 valence electrons. The molecular weight excluding hydrogens is 208 g/mol. The van der Waals surface area contributed by atoms with Gasteiger partial charge < -0.3 is 0 Å². The van der Waals surface area contributed by atoms with Crippen LogP contribution in [0.2, 0.25) is 0 Å². The van der Waals surface area contributed by atoms with Crippen molar-refractivity contribution >= 4 is 5.78 Å². The molecule has 0 aliphatic heterocycles. The number of rotatable bonds is 3. The number of ketones is 1. The number of hydrogen-bond donors (Lipinski definition) is 0. The highest BCUT2D eigenvalue weighted by Gasteiger charge is 2.14. The highest BCUT2D eigenvalue weighted by Crippen LogP contribution is 2.31. The van der Waals surface area contributed by atoms with E-state index in [4.69, 9.17) is 0 Å². The van der Waals surface area contributed by atoms with Gasteiger partial charge in [-0.3, -0.25) is 4.79 Å². The second-order valence-electron chi connectivity index (χ2n) is 5.31. The monoisotopic (exact) mass is 230 g/mol. The minimum absolute atomic E-state index is 0.253. The number of benzene rings is 1. The molecule has 1 aliphatic rings. The van der Waals surface area contributed by atoms with E-state index < -0.39 is 0 Å². The van der Waals surface area contributed by atoms with Crippen LogP contribution in [-0.4, -0.2) is 5.78 Å². The number of carbonyl (C=O) groups is 1. The van der Waals surface area contributed by atoms with Gasteiger partial charge in [0.2, 0.25) is 0 Å². The SMILES string of the molecule is CC(=O)Cc1cccc(C2CCCCCC2)c1. The Kier molecular flexibility index (Phi) is 4.36. The molecule has 0 spiro atoms. The highest BCUT2D eigenvalue weighted by molar-refractivity contribution is 5.78. The Hall–Kier alpha value is -1.11. The smallest absolute Gasteiger partial charge is 0.134 e. The Balaban J connectivity index is 2.11. The van der Waals surface area contributed by atoms with Gasteiger partial charge in [-0.2, -0.15) is 0 Å². The molecule has 1 nitrogen and oxygen atoms in total. The summed E-state index contributed by atoms with van der Waals surface area (Å²) in [6.45, 7) is 1.67. The molecule has 1 heteroatoms. The first kappa shape index (κ1) is 12.3. The van der Waals surface area contributed by atoms with Crippen LogP contribution in [-0.2, 0) is 11.2 Å². The van der Waals surface area contributed by atoms with Crippen molar-refractivity contribution in [2.24, 2.45) is 0 Å². The molecule has 0 bridgehead atoms. The summed E-state index contributed by atoms with van der Waals surface area (Å²) in [5, 5.41) is 0. The van der Waals surface area contributed by atoms with Gasteiger partial charge in [-0.25, -0.2) is 0 Å². The van der Waals surface area contributed by atoms with Crippen molar-refractivity contribution in [3.8, 4) is 0 Å². The maximum Gasteiger partial charge on any atom is 0.134 e. The van der Waals surface area contributed by atoms with Gasteiger partial charge in [0.1, 0.15) is 5.78 Å². The molecule has 0 heterocycles. The van der Waals surface area contributed by atoms with Crippen LogP contribution in [0.3, 0.4) is 0 Å². The third-order valence-electron chi connectivity index (χ3n) is 3.73. The first-order chi connectivity index (χ1) is 8.25. The first-order valence-corrected chi connectivity index (χ1v) is 6.84. The van der Waals surface area contributed by atoms with E-state index in [1.54, 1.807) is 6.92 Å². The summed E-state index contributed by atoms with van der Waals surface area (Å²) in [5.41, 5.74) is 2.63. The van der Waals surface area contributed by atoms with E-state index in [-0.39, 0.29) is 5.78 Å². The molecule has 2 rings (SSSR count). The molecule has 0 N–H and O–H groups in total. The summed E-state index contributed by atoms with van der Waals surface area (Å²) in [7, 11) is 0. The zero-order valence-corrected chi connectivity index (χ0v) is 10.7. The van der Waals surface area contributed by atoms with Crippen LogP contribution in [0, 0.1) is 0 Å². The fourth-order valence-corrected chi connectivity index (χ4v) is 2.86. The molecule has 0 radical (unpaired) electrons. The first-order valence-electron chi connectivity index (χ1n) is 6.84. The van der Waals surface area contributed by atoms with E-state index >= 15 is 0 Å². The van der Waals surface area contributed by atoms with Crippen molar-refractivity contribution in [1.82, 2.24) is 0 Å². The predicted octanol–water partition coefficient (Wildman–Crippen LogP) is 4.26. The minimum atomic E-state index is 0.253. The Bertz CT molecular complexity index is 373. The van der Waals surface area contributed by atoms with Gasteiger partial charge in [0.25, 0.3) is 0 Å². The molecule has 17 heavy (non-hydrogen) atoms. The van der Waals surface area contributed by atoms with E-state index in [2.05, 4.69) is 24.3 Å². The summed E-state index contributed by atoms with van der Waals surface area (Å²) < 4.78 is 0. The van der Waals surface area contributed by atoms with Gasteiger partial charge in [0, 0.05) is 6.42 Å². The van der Waals surface area contributed by atoms with Crippen molar-refractivity contribution < 1.29 is 4.79 Å². The second-order valence-corrected chi connectivity index (χ2v) is 5.31. The summed E-state index contributed by atoms with van der Waals surface area (Å²) >= 11 is 0. The van der Waals surface area contributed by atoms with E-state index in [0.29, 0.717) is 6.42 Å². The fourth-order valence-electron chi connectivity index (χ4n) is 2.86. The quantitative estimate of drug-likeness (QED) is 0.709. The third-order valence-corrected chi connectivity index (χ3v) is 3.73. The minimum Gasteiger partial charge on any atom is -0.300 e. The van der Waals surface area contributed by atoms with Crippen LogP contribution in [0.25, 0.3) is 0 Å². The van der Waals surface area contributed by atoms with Crippen LogP contribution < -0.4 is 0 Å². The van der Waals surface area contributed by atoms with Crippen molar-refractivity contribution in [3.05, 3.63) is 35.4 Å². The standard InChI is InChI=1S/C16H22O/c1-13(17)11-14-7-6-10-16(12-14)15-8-4-2-3-5-9-15/h6-7,10,12,15H,2-5,8-9,11H2,1H3. The van der Waals surface area contributed by atoms with Gasteiger partial charge in [-0.05, 0) is 36.8 Å². The Morgan fingerprint density at radius 2 is 1.88 bits per heavy atom. The lowest BCUT2D eigenvalue weighted by Crippen LogP contribution is -2.01. The Morgan fingerprint density at radius 3 is 2.53 bits per heavy atom. The highest BCUT2D eigenvalue weighted by atomic mass is 16.1. The molecule has 0 unspecified atom stereocenters. The zero-order chi connectivity index (χ0) is 12.1. The lowest BCUT2D eigenvalue weighted by molar-refractivity contribution is -0.116. The molecule has 1 aromatic carbocycles. The van der Waals surface area contributed by atoms with Gasteiger partial charge >= 0.3 is 0 Å². The number of carbonyl (C=O) groups excluding carboxylic acids is 1. The molecule has 0 atom stereocenters. The Labute approximate surface area is 104 Å². The van der Waals surface area contributed by atoms with Crippen molar-refractivity contribution in [2.45, 2.75) is 57.8 Å². The number of hydrogen-bond acceptors (Lipinski definition) is 1. The van der Waals surface area contributed by atoms with Gasteiger partial charge in [0.15, 0.2) is 0 Å². The maximum absolute atomic E-state index is 11.2. The van der Waals surface area contributed by atoms with E-state index in [1.165, 1.54) is 49.7 Å².